The average Bonchev–Trinajstić information content (AvgIpc) is 3.03. The van der Waals surface area contributed by atoms with Gasteiger partial charge in [0.05, 0.1) is 13.0 Å². The first-order valence-electron chi connectivity index (χ1n) is 9.27. The number of ether oxygens (including phenoxy) is 1. The van der Waals surface area contributed by atoms with Crippen molar-refractivity contribution in [2.24, 2.45) is 5.92 Å². The minimum absolute atomic E-state index is 0.103. The van der Waals surface area contributed by atoms with Gasteiger partial charge in [0.1, 0.15) is 5.75 Å². The first-order chi connectivity index (χ1) is 11.6. The second-order valence-electron chi connectivity index (χ2n) is 6.63. The summed E-state index contributed by atoms with van der Waals surface area (Å²) in [5.74, 6) is 1.44. The second-order valence-corrected chi connectivity index (χ2v) is 7.77. The van der Waals surface area contributed by atoms with Crippen molar-refractivity contribution in [3.05, 3.63) is 23.3 Å². The zero-order valence-electron chi connectivity index (χ0n) is 15.0. The summed E-state index contributed by atoms with van der Waals surface area (Å²) in [4.78, 5) is 13.1. The van der Waals surface area contributed by atoms with Crippen LogP contribution in [0.2, 0.25) is 0 Å². The lowest BCUT2D eigenvalue weighted by molar-refractivity contribution is -0.144. The number of hydrogen-bond acceptors (Lipinski definition) is 4. The predicted octanol–water partition coefficient (Wildman–Crippen LogP) is 5.12. The molecule has 134 valence electrons. The third kappa shape index (κ3) is 5.73. The van der Waals surface area contributed by atoms with Crippen LogP contribution in [-0.2, 0) is 22.4 Å². The first kappa shape index (κ1) is 19.2. The van der Waals surface area contributed by atoms with Crippen molar-refractivity contribution >= 4 is 17.7 Å². The quantitative estimate of drug-likeness (QED) is 0.470. The van der Waals surface area contributed by atoms with Gasteiger partial charge < -0.3 is 9.84 Å². The van der Waals surface area contributed by atoms with Gasteiger partial charge in [0.2, 0.25) is 0 Å². The molecule has 0 bridgehead atoms. The Bertz CT molecular complexity index is 542. The van der Waals surface area contributed by atoms with Crippen molar-refractivity contribution in [3.8, 4) is 5.75 Å². The van der Waals surface area contributed by atoms with Crippen molar-refractivity contribution in [2.75, 3.05) is 12.4 Å². The van der Waals surface area contributed by atoms with Gasteiger partial charge in [0.15, 0.2) is 0 Å². The molecule has 1 atom stereocenters. The summed E-state index contributed by atoms with van der Waals surface area (Å²) >= 11 is 1.66. The number of hydrogen-bond donors (Lipinski definition) is 1. The Morgan fingerprint density at radius 1 is 1.33 bits per heavy atom. The molecule has 0 aromatic heterocycles. The van der Waals surface area contributed by atoms with Crippen LogP contribution in [0.25, 0.3) is 0 Å². The summed E-state index contributed by atoms with van der Waals surface area (Å²) in [6.45, 7) is 4.90. The first-order valence-corrected chi connectivity index (χ1v) is 10.3. The van der Waals surface area contributed by atoms with Gasteiger partial charge in [-0.25, -0.2) is 0 Å². The molecular weight excluding hydrogens is 320 g/mol. The van der Waals surface area contributed by atoms with Gasteiger partial charge in [0, 0.05) is 10.6 Å². The molecule has 1 N–H and O–H groups in total. The lowest BCUT2D eigenvalue weighted by Gasteiger charge is -2.14. The normalized spacial score (nSPS) is 14.4. The van der Waals surface area contributed by atoms with Crippen LogP contribution in [0.4, 0.5) is 0 Å². The number of aryl methyl sites for hydroxylation is 1. The van der Waals surface area contributed by atoms with Crippen LogP contribution in [0.5, 0.6) is 5.75 Å². The number of carbonyl (C=O) groups is 1. The number of benzene rings is 1. The van der Waals surface area contributed by atoms with Crippen LogP contribution in [-0.4, -0.2) is 23.4 Å². The standard InChI is InChI=1S/C20H30O3S/c1-3-5-7-15(4-2)14-23-20(22)10-11-24-19-13-17(21)12-16-8-6-9-18(16)19/h12-13,15,21H,3-11,14H2,1-2H3. The van der Waals surface area contributed by atoms with E-state index >= 15 is 0 Å². The predicted molar refractivity (Wildman–Crippen MR) is 99.7 cm³/mol. The van der Waals surface area contributed by atoms with Gasteiger partial charge in [0.25, 0.3) is 0 Å². The molecule has 1 aliphatic rings. The van der Waals surface area contributed by atoms with Gasteiger partial charge in [-0.05, 0) is 54.9 Å². The molecule has 1 aromatic rings. The van der Waals surface area contributed by atoms with Gasteiger partial charge in [-0.2, -0.15) is 0 Å². The Morgan fingerprint density at radius 2 is 2.17 bits per heavy atom. The van der Waals surface area contributed by atoms with E-state index in [9.17, 15) is 9.90 Å². The number of carbonyl (C=O) groups excluding carboxylic acids is 1. The Balaban J connectivity index is 1.73. The molecule has 24 heavy (non-hydrogen) atoms. The Morgan fingerprint density at radius 3 is 2.92 bits per heavy atom. The molecule has 0 fully saturated rings. The van der Waals surface area contributed by atoms with E-state index in [1.54, 1.807) is 11.8 Å². The molecule has 0 amide bonds. The van der Waals surface area contributed by atoms with Crippen LogP contribution in [0.3, 0.4) is 0 Å². The molecule has 0 heterocycles. The lowest BCUT2D eigenvalue weighted by Crippen LogP contribution is -2.14. The molecule has 4 heteroatoms. The third-order valence-corrected chi connectivity index (χ3v) is 5.83. The Labute approximate surface area is 150 Å². The zero-order chi connectivity index (χ0) is 17.4. The minimum atomic E-state index is -0.103. The summed E-state index contributed by atoms with van der Waals surface area (Å²) in [5, 5.41) is 9.82. The molecule has 1 aromatic carbocycles. The van der Waals surface area contributed by atoms with E-state index in [2.05, 4.69) is 13.8 Å². The largest absolute Gasteiger partial charge is 0.508 e. The number of thioether (sulfide) groups is 1. The fraction of sp³-hybridized carbons (Fsp3) is 0.650. The van der Waals surface area contributed by atoms with E-state index in [4.69, 9.17) is 4.74 Å². The highest BCUT2D eigenvalue weighted by molar-refractivity contribution is 7.99. The van der Waals surface area contributed by atoms with E-state index in [1.807, 2.05) is 12.1 Å². The number of unbranched alkanes of at least 4 members (excludes halogenated alkanes) is 1. The summed E-state index contributed by atoms with van der Waals surface area (Å²) in [5.41, 5.74) is 2.62. The van der Waals surface area contributed by atoms with Crippen LogP contribution in [0.1, 0.15) is 63.5 Å². The maximum absolute atomic E-state index is 11.9. The zero-order valence-corrected chi connectivity index (χ0v) is 15.8. The smallest absolute Gasteiger partial charge is 0.306 e. The summed E-state index contributed by atoms with van der Waals surface area (Å²) in [7, 11) is 0. The molecule has 3 nitrogen and oxygen atoms in total. The van der Waals surface area contributed by atoms with E-state index in [0.29, 0.717) is 30.4 Å². The fourth-order valence-corrected chi connectivity index (χ4v) is 4.30. The maximum atomic E-state index is 11.9. The number of esters is 1. The van der Waals surface area contributed by atoms with Crippen molar-refractivity contribution in [1.29, 1.82) is 0 Å². The molecule has 0 radical (unpaired) electrons. The number of fused-ring (bicyclic) bond motifs is 1. The number of phenols is 1. The lowest BCUT2D eigenvalue weighted by atomic mass is 10.0. The van der Waals surface area contributed by atoms with Crippen LogP contribution in [0, 0.1) is 5.92 Å². The Kier molecular flexibility index (Phi) is 7.97. The minimum Gasteiger partial charge on any atom is -0.508 e. The SMILES string of the molecule is CCCCC(CC)COC(=O)CCSc1cc(O)cc2c1CCC2. The van der Waals surface area contributed by atoms with E-state index in [0.717, 1.165) is 37.0 Å². The van der Waals surface area contributed by atoms with Crippen molar-refractivity contribution in [2.45, 2.75) is 70.1 Å². The van der Waals surface area contributed by atoms with E-state index in [1.165, 1.54) is 24.0 Å². The number of rotatable bonds is 10. The average molecular weight is 351 g/mol. The molecule has 1 unspecified atom stereocenters. The summed E-state index contributed by atoms with van der Waals surface area (Å²) < 4.78 is 5.44. The Hall–Kier alpha value is -1.16. The van der Waals surface area contributed by atoms with Gasteiger partial charge in [-0.1, -0.05) is 33.1 Å². The van der Waals surface area contributed by atoms with Gasteiger partial charge in [-0.3, -0.25) is 4.79 Å². The topological polar surface area (TPSA) is 46.5 Å². The highest BCUT2D eigenvalue weighted by atomic mass is 32.2. The highest BCUT2D eigenvalue weighted by Crippen LogP contribution is 2.35. The van der Waals surface area contributed by atoms with Gasteiger partial charge in [-0.15, -0.1) is 11.8 Å². The number of phenolic OH excluding ortho intramolecular Hbond substituents is 1. The van der Waals surface area contributed by atoms with E-state index in [-0.39, 0.29) is 5.97 Å². The van der Waals surface area contributed by atoms with Crippen LogP contribution >= 0.6 is 11.8 Å². The summed E-state index contributed by atoms with van der Waals surface area (Å²) in [6.07, 6.45) is 8.32. The summed E-state index contributed by atoms with van der Waals surface area (Å²) in [6, 6.07) is 3.71. The molecule has 0 aliphatic heterocycles. The molecule has 2 rings (SSSR count). The highest BCUT2D eigenvalue weighted by Gasteiger charge is 2.17. The van der Waals surface area contributed by atoms with Crippen molar-refractivity contribution in [3.63, 3.8) is 0 Å². The molecule has 0 saturated carbocycles. The van der Waals surface area contributed by atoms with Crippen molar-refractivity contribution < 1.29 is 14.6 Å². The second kappa shape index (κ2) is 9.97. The van der Waals surface area contributed by atoms with Crippen LogP contribution < -0.4 is 0 Å². The molecule has 1 aliphatic carbocycles. The van der Waals surface area contributed by atoms with E-state index < -0.39 is 0 Å². The molecular formula is C20H30O3S. The molecule has 0 spiro atoms. The number of aromatic hydroxyl groups is 1. The van der Waals surface area contributed by atoms with Crippen molar-refractivity contribution in [1.82, 2.24) is 0 Å². The monoisotopic (exact) mass is 350 g/mol. The third-order valence-electron chi connectivity index (χ3n) is 4.75. The molecule has 0 saturated heterocycles. The maximum Gasteiger partial charge on any atom is 0.306 e. The fourth-order valence-electron chi connectivity index (χ4n) is 3.20. The van der Waals surface area contributed by atoms with Crippen LogP contribution in [0.15, 0.2) is 17.0 Å². The van der Waals surface area contributed by atoms with Gasteiger partial charge >= 0.3 is 5.97 Å².